The number of benzene rings is 2. The molecule has 0 radical (unpaired) electrons. The molecule has 0 saturated carbocycles. The molecule has 1 fully saturated rings. The number of esters is 1. The molecule has 2 aromatic carbocycles. The second-order valence-electron chi connectivity index (χ2n) is 9.14. The fourth-order valence-corrected chi connectivity index (χ4v) is 5.59. The molecule has 11 heteroatoms. The fraction of sp³-hybridized carbons (Fsp3) is 0.179. The highest BCUT2D eigenvalue weighted by Gasteiger charge is 2.42. The SMILES string of the molecule is COC(=O)c1cccc(-c2ccc([C@H]3[C@H](c4ccccn4)NC(=S)N3c3ccc(NS(C)(=O)=O)c(C)c3)o2)c1. The molecule has 0 amide bonds. The van der Waals surface area contributed by atoms with Gasteiger partial charge in [-0.25, -0.2) is 13.2 Å². The van der Waals surface area contributed by atoms with Crippen LogP contribution < -0.4 is 14.9 Å². The summed E-state index contributed by atoms with van der Waals surface area (Å²) in [5, 5.41) is 3.86. The number of hydrogen-bond acceptors (Lipinski definition) is 7. The molecule has 39 heavy (non-hydrogen) atoms. The largest absolute Gasteiger partial charge is 0.465 e. The van der Waals surface area contributed by atoms with Crippen molar-refractivity contribution in [2.24, 2.45) is 0 Å². The van der Waals surface area contributed by atoms with Crippen molar-refractivity contribution in [1.82, 2.24) is 10.3 Å². The molecular weight excluding hydrogens is 536 g/mol. The second kappa shape index (κ2) is 10.5. The Morgan fingerprint density at radius 1 is 1.10 bits per heavy atom. The molecule has 2 N–H and O–H groups in total. The van der Waals surface area contributed by atoms with Crippen LogP contribution in [-0.2, 0) is 14.8 Å². The van der Waals surface area contributed by atoms with E-state index in [-0.39, 0.29) is 6.04 Å². The van der Waals surface area contributed by atoms with E-state index in [9.17, 15) is 13.2 Å². The number of aryl methyl sites for hydroxylation is 1. The lowest BCUT2D eigenvalue weighted by Crippen LogP contribution is -2.29. The van der Waals surface area contributed by atoms with Gasteiger partial charge in [-0.3, -0.25) is 9.71 Å². The van der Waals surface area contributed by atoms with Crippen LogP contribution in [0.1, 0.15) is 39.5 Å². The standard InChI is InChI=1S/C28H26N4O5S2/c1-17-15-20(10-11-21(17)31-39(3,34)35)32-26(25(30-28(32)38)22-9-4-5-14-29-22)24-13-12-23(37-24)18-7-6-8-19(16-18)27(33)36-2/h4-16,25-26,31H,1-3H3,(H,30,38)/t25-,26-/m0/s1. The van der Waals surface area contributed by atoms with Gasteiger partial charge in [-0.1, -0.05) is 18.2 Å². The summed E-state index contributed by atoms with van der Waals surface area (Å²) in [4.78, 5) is 18.6. The summed E-state index contributed by atoms with van der Waals surface area (Å²) >= 11 is 5.78. The minimum atomic E-state index is -3.43. The number of carbonyl (C=O) groups is 1. The third-order valence-corrected chi connectivity index (χ3v) is 7.27. The smallest absolute Gasteiger partial charge is 0.337 e. The maximum absolute atomic E-state index is 12.0. The molecule has 0 aliphatic carbocycles. The van der Waals surface area contributed by atoms with E-state index in [2.05, 4.69) is 15.0 Å². The van der Waals surface area contributed by atoms with Crippen LogP contribution in [0.2, 0.25) is 0 Å². The van der Waals surface area contributed by atoms with Gasteiger partial charge in [0, 0.05) is 17.4 Å². The Kier molecular flexibility index (Phi) is 7.11. The number of thiocarbonyl (C=S) groups is 1. The molecule has 0 spiro atoms. The predicted molar refractivity (Wildman–Crippen MR) is 153 cm³/mol. The Labute approximate surface area is 231 Å². The Hall–Kier alpha value is -4.22. The number of nitrogens with one attached hydrogen (secondary N) is 2. The average Bonchev–Trinajstić information content (AvgIpc) is 3.54. The highest BCUT2D eigenvalue weighted by Crippen LogP contribution is 2.43. The van der Waals surface area contributed by atoms with Crippen LogP contribution in [-0.4, -0.2) is 37.8 Å². The van der Waals surface area contributed by atoms with Gasteiger partial charge in [-0.2, -0.15) is 0 Å². The zero-order valence-corrected chi connectivity index (χ0v) is 23.0. The Morgan fingerprint density at radius 2 is 1.92 bits per heavy atom. The van der Waals surface area contributed by atoms with Gasteiger partial charge in [0.05, 0.1) is 36.4 Å². The van der Waals surface area contributed by atoms with E-state index < -0.39 is 22.0 Å². The number of sulfonamides is 1. The van der Waals surface area contributed by atoms with Crippen molar-refractivity contribution in [3.8, 4) is 11.3 Å². The van der Waals surface area contributed by atoms with Crippen molar-refractivity contribution in [2.45, 2.75) is 19.0 Å². The Balaban J connectivity index is 1.57. The van der Waals surface area contributed by atoms with Crippen molar-refractivity contribution in [3.05, 3.63) is 102 Å². The predicted octanol–water partition coefficient (Wildman–Crippen LogP) is 4.99. The first kappa shape index (κ1) is 26.4. The van der Waals surface area contributed by atoms with E-state index in [1.807, 2.05) is 60.4 Å². The number of pyridine rings is 1. The number of nitrogens with zero attached hydrogens (tertiary/aromatic N) is 2. The van der Waals surface area contributed by atoms with Gasteiger partial charge in [0.15, 0.2) is 5.11 Å². The minimum Gasteiger partial charge on any atom is -0.465 e. The third-order valence-electron chi connectivity index (χ3n) is 6.37. The number of hydrogen-bond donors (Lipinski definition) is 2. The highest BCUT2D eigenvalue weighted by molar-refractivity contribution is 7.92. The maximum Gasteiger partial charge on any atom is 0.337 e. The Morgan fingerprint density at radius 3 is 2.62 bits per heavy atom. The van der Waals surface area contributed by atoms with Crippen molar-refractivity contribution in [3.63, 3.8) is 0 Å². The van der Waals surface area contributed by atoms with Crippen molar-refractivity contribution in [2.75, 3.05) is 23.0 Å². The van der Waals surface area contributed by atoms with Gasteiger partial charge in [-0.15, -0.1) is 0 Å². The molecule has 200 valence electrons. The number of methoxy groups -OCH3 is 1. The van der Waals surface area contributed by atoms with Gasteiger partial charge in [0.2, 0.25) is 10.0 Å². The van der Waals surface area contributed by atoms with Crippen molar-refractivity contribution < 1.29 is 22.4 Å². The summed E-state index contributed by atoms with van der Waals surface area (Å²) < 4.78 is 37.3. The third kappa shape index (κ3) is 5.50. The van der Waals surface area contributed by atoms with E-state index in [1.165, 1.54) is 7.11 Å². The molecule has 9 nitrogen and oxygen atoms in total. The molecule has 0 unspecified atom stereocenters. The van der Waals surface area contributed by atoms with Crippen molar-refractivity contribution >= 4 is 44.7 Å². The van der Waals surface area contributed by atoms with Gasteiger partial charge in [-0.05, 0) is 79.3 Å². The first-order valence-electron chi connectivity index (χ1n) is 12.0. The topological polar surface area (TPSA) is 114 Å². The quantitative estimate of drug-likeness (QED) is 0.238. The molecule has 5 rings (SSSR count). The van der Waals surface area contributed by atoms with Crippen LogP contribution in [0.25, 0.3) is 11.3 Å². The van der Waals surface area contributed by atoms with E-state index in [0.29, 0.717) is 27.9 Å². The van der Waals surface area contributed by atoms with Crippen LogP contribution in [0.15, 0.2) is 83.4 Å². The van der Waals surface area contributed by atoms with Crippen LogP contribution >= 0.6 is 12.2 Å². The van der Waals surface area contributed by atoms with Crippen LogP contribution in [0.3, 0.4) is 0 Å². The second-order valence-corrected chi connectivity index (χ2v) is 11.3. The molecule has 1 aliphatic rings. The van der Waals surface area contributed by atoms with E-state index in [1.54, 1.807) is 30.5 Å². The molecule has 1 saturated heterocycles. The number of carbonyl (C=O) groups excluding carboxylic acids is 1. The molecule has 2 atom stereocenters. The molecule has 0 bridgehead atoms. The van der Waals surface area contributed by atoms with Gasteiger partial charge in [0.25, 0.3) is 0 Å². The lowest BCUT2D eigenvalue weighted by atomic mass is 10.0. The van der Waals surface area contributed by atoms with Crippen LogP contribution in [0, 0.1) is 6.92 Å². The first-order chi connectivity index (χ1) is 18.6. The number of furan rings is 1. The number of ether oxygens (including phenoxy) is 1. The van der Waals surface area contributed by atoms with Crippen LogP contribution in [0.5, 0.6) is 0 Å². The summed E-state index contributed by atoms with van der Waals surface area (Å²) in [6.45, 7) is 1.83. The van der Waals surface area contributed by atoms with E-state index >= 15 is 0 Å². The van der Waals surface area contributed by atoms with Gasteiger partial charge in [0.1, 0.15) is 17.6 Å². The molecule has 3 heterocycles. The number of anilines is 2. The normalized spacial score (nSPS) is 17.1. The molecule has 4 aromatic rings. The highest BCUT2D eigenvalue weighted by atomic mass is 32.2. The van der Waals surface area contributed by atoms with Gasteiger partial charge >= 0.3 is 5.97 Å². The minimum absolute atomic E-state index is 0.326. The summed E-state index contributed by atoms with van der Waals surface area (Å²) in [5.41, 5.74) is 3.92. The maximum atomic E-state index is 12.0. The molecule has 1 aliphatic heterocycles. The lowest BCUT2D eigenvalue weighted by molar-refractivity contribution is 0.0600. The average molecular weight is 563 g/mol. The molecular formula is C28H26N4O5S2. The summed E-state index contributed by atoms with van der Waals surface area (Å²) in [6, 6.07) is 21.1. The van der Waals surface area contributed by atoms with E-state index in [4.69, 9.17) is 21.4 Å². The first-order valence-corrected chi connectivity index (χ1v) is 14.3. The van der Waals surface area contributed by atoms with Crippen LogP contribution in [0.4, 0.5) is 11.4 Å². The lowest BCUT2D eigenvalue weighted by Gasteiger charge is -2.26. The molecule has 2 aromatic heterocycles. The monoisotopic (exact) mass is 562 g/mol. The summed E-state index contributed by atoms with van der Waals surface area (Å²) in [6.07, 6.45) is 2.84. The zero-order chi connectivity index (χ0) is 27.7. The number of aromatic nitrogens is 1. The summed E-state index contributed by atoms with van der Waals surface area (Å²) in [7, 11) is -2.09. The fourth-order valence-electron chi connectivity index (χ4n) is 4.62. The van der Waals surface area contributed by atoms with Crippen molar-refractivity contribution in [1.29, 1.82) is 0 Å². The Bertz CT molecular complexity index is 1650. The van der Waals surface area contributed by atoms with E-state index in [0.717, 1.165) is 28.8 Å². The summed E-state index contributed by atoms with van der Waals surface area (Å²) in [5.74, 6) is 0.782. The zero-order valence-electron chi connectivity index (χ0n) is 21.4. The van der Waals surface area contributed by atoms with Gasteiger partial charge < -0.3 is 19.4 Å². The number of rotatable bonds is 7.